The number of rotatable bonds is 8. The second kappa shape index (κ2) is 8.32. The summed E-state index contributed by atoms with van der Waals surface area (Å²) in [6.45, 7) is 4.62. The molecule has 0 aromatic heterocycles. The Hall–Kier alpha value is -1.79. The molecular weight excluding hydrogens is 238 g/mol. The number of urea groups is 1. The predicted octanol–water partition coefficient (Wildman–Crippen LogP) is 0.0504. The van der Waals surface area contributed by atoms with Crippen LogP contribution in [0.5, 0.6) is 0 Å². The third-order valence-corrected chi connectivity index (χ3v) is 2.25. The molecule has 7 heteroatoms. The first-order valence-electron chi connectivity index (χ1n) is 5.88. The minimum atomic E-state index is -1.29. The predicted molar refractivity (Wildman–Crippen MR) is 65.8 cm³/mol. The van der Waals surface area contributed by atoms with Crippen LogP contribution in [-0.2, 0) is 9.59 Å². The van der Waals surface area contributed by atoms with Crippen LogP contribution in [0.2, 0.25) is 0 Å². The fourth-order valence-electron chi connectivity index (χ4n) is 1.32. The van der Waals surface area contributed by atoms with Crippen molar-refractivity contribution >= 4 is 17.9 Å². The smallest absolute Gasteiger partial charge is 0.326 e. The van der Waals surface area contributed by atoms with E-state index < -0.39 is 30.4 Å². The number of hydrogen-bond acceptors (Lipinski definition) is 3. The van der Waals surface area contributed by atoms with E-state index in [1.54, 1.807) is 0 Å². The van der Waals surface area contributed by atoms with Gasteiger partial charge in [0, 0.05) is 6.54 Å². The normalized spacial score (nSPS) is 11.9. The zero-order chi connectivity index (χ0) is 14.1. The van der Waals surface area contributed by atoms with Gasteiger partial charge in [-0.2, -0.15) is 0 Å². The van der Waals surface area contributed by atoms with Crippen molar-refractivity contribution in [2.45, 2.75) is 39.2 Å². The van der Waals surface area contributed by atoms with Gasteiger partial charge >= 0.3 is 12.0 Å². The maximum atomic E-state index is 11.3. The quantitative estimate of drug-likeness (QED) is 0.460. The van der Waals surface area contributed by atoms with Crippen molar-refractivity contribution in [3.05, 3.63) is 0 Å². The van der Waals surface area contributed by atoms with E-state index in [0.717, 1.165) is 12.8 Å². The molecule has 0 fully saturated rings. The van der Waals surface area contributed by atoms with Crippen LogP contribution in [0.1, 0.15) is 33.1 Å². The Morgan fingerprint density at radius 2 is 1.89 bits per heavy atom. The highest BCUT2D eigenvalue weighted by atomic mass is 16.4. The standard InChI is InChI=1S/C11H21N3O4/c1-7(2)4-3-5-13-11(18)14-8(10(16)17)6-9(12)15/h7-8H,3-6H2,1-2H3,(H2,12,15)(H,16,17)(H2,13,14,18). The molecule has 0 bridgehead atoms. The van der Waals surface area contributed by atoms with Crippen LogP contribution in [0.3, 0.4) is 0 Å². The molecule has 0 aliphatic carbocycles. The number of amides is 3. The fraction of sp³-hybridized carbons (Fsp3) is 0.727. The summed E-state index contributed by atoms with van der Waals surface area (Å²) in [5.41, 5.74) is 4.89. The molecule has 0 aliphatic rings. The molecule has 0 saturated carbocycles. The molecule has 104 valence electrons. The van der Waals surface area contributed by atoms with Crippen LogP contribution < -0.4 is 16.4 Å². The molecule has 0 spiro atoms. The van der Waals surface area contributed by atoms with E-state index in [-0.39, 0.29) is 0 Å². The zero-order valence-corrected chi connectivity index (χ0v) is 10.7. The number of carbonyl (C=O) groups excluding carboxylic acids is 2. The fourth-order valence-corrected chi connectivity index (χ4v) is 1.32. The van der Waals surface area contributed by atoms with Gasteiger partial charge in [0.15, 0.2) is 0 Å². The van der Waals surface area contributed by atoms with E-state index >= 15 is 0 Å². The van der Waals surface area contributed by atoms with Gasteiger partial charge in [0.25, 0.3) is 0 Å². The average molecular weight is 259 g/mol. The van der Waals surface area contributed by atoms with Gasteiger partial charge in [-0.25, -0.2) is 9.59 Å². The number of aliphatic carboxylic acids is 1. The van der Waals surface area contributed by atoms with Crippen LogP contribution in [0.15, 0.2) is 0 Å². The average Bonchev–Trinajstić information content (AvgIpc) is 2.22. The Kier molecular flexibility index (Phi) is 7.50. The highest BCUT2D eigenvalue weighted by molar-refractivity contribution is 5.87. The molecule has 0 rings (SSSR count). The van der Waals surface area contributed by atoms with Crippen molar-refractivity contribution < 1.29 is 19.5 Å². The second-order valence-electron chi connectivity index (χ2n) is 4.50. The van der Waals surface area contributed by atoms with E-state index in [2.05, 4.69) is 24.5 Å². The number of carboxylic acids is 1. The summed E-state index contributed by atoms with van der Waals surface area (Å²) in [5, 5.41) is 13.5. The largest absolute Gasteiger partial charge is 0.480 e. The minimum absolute atomic E-state index is 0.422. The molecule has 0 radical (unpaired) electrons. The van der Waals surface area contributed by atoms with E-state index in [4.69, 9.17) is 10.8 Å². The van der Waals surface area contributed by atoms with Crippen LogP contribution in [0, 0.1) is 5.92 Å². The molecule has 0 aromatic rings. The Labute approximate surface area is 106 Å². The van der Waals surface area contributed by atoms with Gasteiger partial charge in [-0.3, -0.25) is 4.79 Å². The maximum Gasteiger partial charge on any atom is 0.326 e. The number of nitrogens with two attached hydrogens (primary N) is 1. The molecule has 0 saturated heterocycles. The number of primary amides is 1. The van der Waals surface area contributed by atoms with Gasteiger partial charge in [-0.05, 0) is 18.8 Å². The summed E-state index contributed by atoms with van der Waals surface area (Å²) in [6, 6.07) is -1.89. The first-order chi connectivity index (χ1) is 8.32. The first kappa shape index (κ1) is 16.2. The van der Waals surface area contributed by atoms with Gasteiger partial charge in [0.1, 0.15) is 6.04 Å². The summed E-state index contributed by atoms with van der Waals surface area (Å²) < 4.78 is 0. The lowest BCUT2D eigenvalue weighted by molar-refractivity contribution is -0.140. The van der Waals surface area contributed by atoms with Crippen LogP contribution in [0.4, 0.5) is 4.79 Å². The summed E-state index contributed by atoms with van der Waals surface area (Å²) in [5.74, 6) is -1.51. The second-order valence-corrected chi connectivity index (χ2v) is 4.50. The van der Waals surface area contributed by atoms with Crippen molar-refractivity contribution in [2.75, 3.05) is 6.54 Å². The van der Waals surface area contributed by atoms with Crippen molar-refractivity contribution in [3.63, 3.8) is 0 Å². The number of carbonyl (C=O) groups is 3. The van der Waals surface area contributed by atoms with Crippen LogP contribution in [0.25, 0.3) is 0 Å². The van der Waals surface area contributed by atoms with Crippen molar-refractivity contribution in [3.8, 4) is 0 Å². The molecule has 0 aliphatic heterocycles. The van der Waals surface area contributed by atoms with Crippen LogP contribution in [-0.4, -0.2) is 35.6 Å². The van der Waals surface area contributed by atoms with Gasteiger partial charge in [-0.1, -0.05) is 13.8 Å². The molecule has 5 N–H and O–H groups in total. The van der Waals surface area contributed by atoms with E-state index in [0.29, 0.717) is 12.5 Å². The highest BCUT2D eigenvalue weighted by Crippen LogP contribution is 2.01. The summed E-state index contributed by atoms with van der Waals surface area (Å²) >= 11 is 0. The van der Waals surface area contributed by atoms with Gasteiger partial charge in [0.2, 0.25) is 5.91 Å². The summed E-state index contributed by atoms with van der Waals surface area (Å²) in [7, 11) is 0. The molecule has 7 nitrogen and oxygen atoms in total. The van der Waals surface area contributed by atoms with Gasteiger partial charge in [0.05, 0.1) is 6.42 Å². The molecule has 18 heavy (non-hydrogen) atoms. The lowest BCUT2D eigenvalue weighted by Gasteiger charge is -2.13. The van der Waals surface area contributed by atoms with Crippen molar-refractivity contribution in [1.29, 1.82) is 0 Å². The minimum Gasteiger partial charge on any atom is -0.480 e. The Balaban J connectivity index is 3.95. The molecule has 3 amide bonds. The van der Waals surface area contributed by atoms with Gasteiger partial charge < -0.3 is 21.5 Å². The SMILES string of the molecule is CC(C)CCCNC(=O)NC(CC(N)=O)C(=O)O. The molecule has 1 unspecified atom stereocenters. The molecule has 0 aromatic carbocycles. The number of nitrogens with one attached hydrogen (secondary N) is 2. The number of hydrogen-bond donors (Lipinski definition) is 4. The van der Waals surface area contributed by atoms with E-state index in [1.165, 1.54) is 0 Å². The lowest BCUT2D eigenvalue weighted by Crippen LogP contribution is -2.47. The number of carboxylic acid groups (broad SMARTS) is 1. The molecular formula is C11H21N3O4. The Morgan fingerprint density at radius 3 is 2.33 bits per heavy atom. The van der Waals surface area contributed by atoms with E-state index in [9.17, 15) is 14.4 Å². The monoisotopic (exact) mass is 259 g/mol. The third kappa shape index (κ3) is 8.37. The molecule has 0 heterocycles. The topological polar surface area (TPSA) is 122 Å². The van der Waals surface area contributed by atoms with Crippen molar-refractivity contribution in [2.24, 2.45) is 11.7 Å². The van der Waals surface area contributed by atoms with E-state index in [1.807, 2.05) is 0 Å². The summed E-state index contributed by atoms with van der Waals surface area (Å²) in [4.78, 5) is 32.7. The Morgan fingerprint density at radius 1 is 1.28 bits per heavy atom. The highest BCUT2D eigenvalue weighted by Gasteiger charge is 2.21. The lowest BCUT2D eigenvalue weighted by atomic mass is 10.1. The first-order valence-corrected chi connectivity index (χ1v) is 5.88. The summed E-state index contributed by atoms with van der Waals surface area (Å²) in [6.07, 6.45) is 1.37. The third-order valence-electron chi connectivity index (χ3n) is 2.25. The van der Waals surface area contributed by atoms with Crippen molar-refractivity contribution in [1.82, 2.24) is 10.6 Å². The molecule has 1 atom stereocenters. The zero-order valence-electron chi connectivity index (χ0n) is 10.7. The van der Waals surface area contributed by atoms with Gasteiger partial charge in [-0.15, -0.1) is 0 Å². The maximum absolute atomic E-state index is 11.3. The Bertz CT molecular complexity index is 305. The van der Waals surface area contributed by atoms with Crippen LogP contribution >= 0.6 is 0 Å².